The van der Waals surface area contributed by atoms with E-state index in [2.05, 4.69) is 10.3 Å². The first-order chi connectivity index (χ1) is 12.5. The highest BCUT2D eigenvalue weighted by Crippen LogP contribution is 2.23. The van der Waals surface area contributed by atoms with Crippen molar-refractivity contribution in [1.82, 2.24) is 9.55 Å². The summed E-state index contributed by atoms with van der Waals surface area (Å²) in [4.78, 5) is 29.6. The zero-order chi connectivity index (χ0) is 18.7. The summed E-state index contributed by atoms with van der Waals surface area (Å²) in [5, 5.41) is 5.44. The average molecular weight is 388 g/mol. The molecule has 1 amide bonds. The number of thioether (sulfide) groups is 1. The van der Waals surface area contributed by atoms with Crippen LogP contribution in [-0.4, -0.2) is 21.2 Å². The molecule has 0 unspecified atom stereocenters. The molecular weight excluding hydrogens is 366 g/mol. The van der Waals surface area contributed by atoms with E-state index in [0.29, 0.717) is 21.9 Å². The Labute approximate surface area is 160 Å². The van der Waals surface area contributed by atoms with Gasteiger partial charge in [-0.1, -0.05) is 36.9 Å². The maximum absolute atomic E-state index is 12.6. The van der Waals surface area contributed by atoms with Gasteiger partial charge in [-0.15, -0.1) is 11.3 Å². The summed E-state index contributed by atoms with van der Waals surface area (Å²) in [5.41, 5.74) is 3.59. The predicted octanol–water partition coefficient (Wildman–Crippen LogP) is 4.22. The van der Waals surface area contributed by atoms with E-state index in [9.17, 15) is 9.59 Å². The second-order valence-electron chi connectivity index (χ2n) is 6.09. The number of benzene rings is 1. The maximum atomic E-state index is 12.6. The first-order valence-electron chi connectivity index (χ1n) is 8.48. The molecule has 0 atom stereocenters. The lowest BCUT2D eigenvalue weighted by Crippen LogP contribution is -2.23. The monoisotopic (exact) mass is 387 g/mol. The van der Waals surface area contributed by atoms with Gasteiger partial charge >= 0.3 is 0 Å². The normalized spacial score (nSPS) is 11.0. The van der Waals surface area contributed by atoms with Gasteiger partial charge in [-0.2, -0.15) is 0 Å². The summed E-state index contributed by atoms with van der Waals surface area (Å²) in [6.07, 6.45) is 0.834. The van der Waals surface area contributed by atoms with Crippen LogP contribution in [-0.2, 0) is 11.3 Å². The number of aromatic nitrogens is 2. The number of anilines is 1. The molecule has 0 fully saturated rings. The van der Waals surface area contributed by atoms with Gasteiger partial charge in [0.15, 0.2) is 5.16 Å². The Bertz CT molecular complexity index is 987. The van der Waals surface area contributed by atoms with E-state index in [-0.39, 0.29) is 17.2 Å². The van der Waals surface area contributed by atoms with Crippen molar-refractivity contribution in [1.29, 1.82) is 0 Å². The predicted molar refractivity (Wildman–Crippen MR) is 109 cm³/mol. The number of nitrogens with one attached hydrogen (secondary N) is 1. The molecule has 0 aliphatic carbocycles. The largest absolute Gasteiger partial charge is 0.325 e. The first-order valence-corrected chi connectivity index (χ1v) is 10.3. The summed E-state index contributed by atoms with van der Waals surface area (Å²) in [5.74, 6) is 0.106. The Balaban J connectivity index is 1.79. The van der Waals surface area contributed by atoms with Crippen LogP contribution in [0.25, 0.3) is 10.2 Å². The number of rotatable bonds is 6. The third-order valence-electron chi connectivity index (χ3n) is 4.06. The zero-order valence-electron chi connectivity index (χ0n) is 15.0. The second kappa shape index (κ2) is 8.05. The third-order valence-corrected chi connectivity index (χ3v) is 5.92. The van der Waals surface area contributed by atoms with Gasteiger partial charge in [-0.25, -0.2) is 4.98 Å². The number of nitrogens with zero attached hydrogens (tertiary/aromatic N) is 2. The average Bonchev–Trinajstić information content (AvgIpc) is 3.08. The van der Waals surface area contributed by atoms with Crippen molar-refractivity contribution in [3.8, 4) is 0 Å². The van der Waals surface area contributed by atoms with E-state index in [1.54, 1.807) is 4.57 Å². The molecule has 5 nitrogen and oxygen atoms in total. The SMILES string of the molecule is CCCn1c(SCC(=O)Nc2c(C)cccc2C)nc2ccsc2c1=O. The standard InChI is InChI=1S/C19H21N3O2S2/c1-4-9-22-18(24)17-14(8-10-25-17)20-19(22)26-11-15(23)21-16-12(2)6-5-7-13(16)3/h5-8,10H,4,9,11H2,1-3H3,(H,21,23). The van der Waals surface area contributed by atoms with Gasteiger partial charge in [0, 0.05) is 12.2 Å². The highest BCUT2D eigenvalue weighted by Gasteiger charge is 2.14. The van der Waals surface area contributed by atoms with Gasteiger partial charge in [-0.3, -0.25) is 14.2 Å². The van der Waals surface area contributed by atoms with Crippen LogP contribution in [0.15, 0.2) is 39.6 Å². The highest BCUT2D eigenvalue weighted by atomic mass is 32.2. The summed E-state index contributed by atoms with van der Waals surface area (Å²) in [6.45, 7) is 6.56. The minimum Gasteiger partial charge on any atom is -0.325 e. The number of carbonyl (C=O) groups excluding carboxylic acids is 1. The number of carbonyl (C=O) groups is 1. The van der Waals surface area contributed by atoms with Crippen molar-refractivity contribution >= 4 is 44.9 Å². The summed E-state index contributed by atoms with van der Waals surface area (Å²) in [6, 6.07) is 7.76. The van der Waals surface area contributed by atoms with Gasteiger partial charge in [0.1, 0.15) is 4.70 Å². The van der Waals surface area contributed by atoms with E-state index in [1.807, 2.05) is 50.4 Å². The molecule has 0 aliphatic rings. The molecule has 0 saturated carbocycles. The van der Waals surface area contributed by atoms with E-state index >= 15 is 0 Å². The van der Waals surface area contributed by atoms with E-state index in [1.165, 1.54) is 23.1 Å². The van der Waals surface area contributed by atoms with Crippen molar-refractivity contribution < 1.29 is 4.79 Å². The quantitative estimate of drug-likeness (QED) is 0.508. The Morgan fingerprint density at radius 3 is 2.69 bits per heavy atom. The third kappa shape index (κ3) is 3.83. The molecule has 3 aromatic rings. The fraction of sp³-hybridized carbons (Fsp3) is 0.316. The molecule has 0 saturated heterocycles. The van der Waals surface area contributed by atoms with Crippen LogP contribution in [0, 0.1) is 13.8 Å². The molecule has 1 N–H and O–H groups in total. The number of thiophene rings is 1. The first kappa shape index (κ1) is 18.7. The van der Waals surface area contributed by atoms with Crippen LogP contribution in [0.1, 0.15) is 24.5 Å². The maximum Gasteiger partial charge on any atom is 0.272 e. The molecule has 2 heterocycles. The van der Waals surface area contributed by atoms with Gasteiger partial charge in [0.25, 0.3) is 5.56 Å². The Kier molecular flexibility index (Phi) is 5.78. The minimum absolute atomic E-state index is 0.0236. The smallest absolute Gasteiger partial charge is 0.272 e. The number of fused-ring (bicyclic) bond motifs is 1. The van der Waals surface area contributed by atoms with Gasteiger partial charge in [0.2, 0.25) is 5.91 Å². The Morgan fingerprint density at radius 1 is 1.27 bits per heavy atom. The minimum atomic E-state index is -0.102. The molecular formula is C19H21N3O2S2. The highest BCUT2D eigenvalue weighted by molar-refractivity contribution is 7.99. The number of amides is 1. The van der Waals surface area contributed by atoms with Crippen LogP contribution in [0.4, 0.5) is 5.69 Å². The molecule has 2 aromatic heterocycles. The summed E-state index contributed by atoms with van der Waals surface area (Å²) < 4.78 is 2.35. The van der Waals surface area contributed by atoms with Crippen LogP contribution in [0.3, 0.4) is 0 Å². The molecule has 0 spiro atoms. The van der Waals surface area contributed by atoms with Gasteiger partial charge in [0.05, 0.1) is 11.3 Å². The molecule has 3 rings (SSSR count). The lowest BCUT2D eigenvalue weighted by Gasteiger charge is -2.13. The Morgan fingerprint density at radius 2 is 2.00 bits per heavy atom. The van der Waals surface area contributed by atoms with E-state index in [4.69, 9.17) is 0 Å². The van der Waals surface area contributed by atoms with Crippen molar-refractivity contribution in [3.63, 3.8) is 0 Å². The fourth-order valence-electron chi connectivity index (χ4n) is 2.77. The topological polar surface area (TPSA) is 64.0 Å². The van der Waals surface area contributed by atoms with Crippen molar-refractivity contribution in [2.75, 3.05) is 11.1 Å². The molecule has 0 aliphatic heterocycles. The van der Waals surface area contributed by atoms with E-state index < -0.39 is 0 Å². The lowest BCUT2D eigenvalue weighted by molar-refractivity contribution is -0.113. The molecule has 0 radical (unpaired) electrons. The Hall–Kier alpha value is -2.12. The van der Waals surface area contributed by atoms with Gasteiger partial charge in [-0.05, 0) is 42.8 Å². The van der Waals surface area contributed by atoms with E-state index in [0.717, 1.165) is 23.2 Å². The molecule has 1 aromatic carbocycles. The van der Waals surface area contributed by atoms with Crippen LogP contribution < -0.4 is 10.9 Å². The molecule has 136 valence electrons. The molecule has 26 heavy (non-hydrogen) atoms. The lowest BCUT2D eigenvalue weighted by atomic mass is 10.1. The van der Waals surface area contributed by atoms with Crippen molar-refractivity contribution in [2.24, 2.45) is 0 Å². The van der Waals surface area contributed by atoms with Crippen LogP contribution in [0.2, 0.25) is 0 Å². The summed E-state index contributed by atoms with van der Waals surface area (Å²) >= 11 is 2.71. The molecule has 7 heteroatoms. The van der Waals surface area contributed by atoms with Crippen LogP contribution in [0.5, 0.6) is 0 Å². The molecule has 0 bridgehead atoms. The second-order valence-corrected chi connectivity index (χ2v) is 7.95. The zero-order valence-corrected chi connectivity index (χ0v) is 16.7. The summed E-state index contributed by atoms with van der Waals surface area (Å²) in [7, 11) is 0. The number of hydrogen-bond donors (Lipinski definition) is 1. The van der Waals surface area contributed by atoms with Gasteiger partial charge < -0.3 is 5.32 Å². The fourth-order valence-corrected chi connectivity index (χ4v) is 4.38. The van der Waals surface area contributed by atoms with Crippen LogP contribution >= 0.6 is 23.1 Å². The number of para-hydroxylation sites is 1. The number of hydrogen-bond acceptors (Lipinski definition) is 5. The number of aryl methyl sites for hydroxylation is 2. The van der Waals surface area contributed by atoms with Crippen molar-refractivity contribution in [2.45, 2.75) is 38.9 Å². The van der Waals surface area contributed by atoms with Crippen molar-refractivity contribution in [3.05, 3.63) is 51.1 Å².